The van der Waals surface area contributed by atoms with Crippen molar-refractivity contribution in [2.75, 3.05) is 13.1 Å². The minimum Gasteiger partial charge on any atom is -0.457 e. The van der Waals surface area contributed by atoms with Crippen LogP contribution in [0.25, 0.3) is 0 Å². The van der Waals surface area contributed by atoms with Gasteiger partial charge in [0.05, 0.1) is 16.9 Å². The van der Waals surface area contributed by atoms with Crippen LogP contribution in [0.4, 0.5) is 11.4 Å². The molecule has 0 unspecified atom stereocenters. The van der Waals surface area contributed by atoms with Crippen LogP contribution >= 0.6 is 0 Å². The van der Waals surface area contributed by atoms with Crippen molar-refractivity contribution in [1.82, 2.24) is 4.90 Å². The number of benzene rings is 2. The Bertz CT molecular complexity index is 789. The van der Waals surface area contributed by atoms with Crippen molar-refractivity contribution >= 4 is 17.3 Å². The maximum atomic E-state index is 12.5. The van der Waals surface area contributed by atoms with Crippen LogP contribution in [0.5, 0.6) is 0 Å². The average Bonchev–Trinajstić information content (AvgIpc) is 2.73. The highest BCUT2D eigenvalue weighted by Gasteiger charge is 2.31. The molecule has 140 valence electrons. The smallest absolute Gasteiger partial charge is 0.338 e. The van der Waals surface area contributed by atoms with Gasteiger partial charge in [0.1, 0.15) is 6.10 Å². The molecular weight excluding hydrogens is 338 g/mol. The van der Waals surface area contributed by atoms with Crippen molar-refractivity contribution in [1.29, 1.82) is 0 Å². The number of carbonyl (C=O) groups excluding carboxylic acids is 1. The Balaban J connectivity index is 1.33. The number of ether oxygens (including phenoxy) is 1. The summed E-state index contributed by atoms with van der Waals surface area (Å²) in [5.74, 6) is -0.248. The van der Waals surface area contributed by atoms with E-state index in [4.69, 9.17) is 4.74 Å². The molecule has 0 aliphatic carbocycles. The fourth-order valence-electron chi connectivity index (χ4n) is 3.95. The summed E-state index contributed by atoms with van der Waals surface area (Å²) < 4.78 is 5.76. The lowest BCUT2D eigenvalue weighted by Gasteiger charge is -2.42. The number of hydrogen-bond acceptors (Lipinski definition) is 5. The van der Waals surface area contributed by atoms with E-state index in [1.54, 1.807) is 24.3 Å². The van der Waals surface area contributed by atoms with E-state index in [1.807, 2.05) is 30.3 Å². The average molecular weight is 363 g/mol. The highest BCUT2D eigenvalue weighted by atomic mass is 16.5. The first kappa shape index (κ1) is 17.9. The molecule has 0 saturated carbocycles. The molecule has 2 aromatic rings. The topological polar surface area (TPSA) is 54.3 Å². The number of piperidine rings is 2. The zero-order valence-corrected chi connectivity index (χ0v) is 15.5. The Morgan fingerprint density at radius 1 is 0.889 bits per heavy atom. The van der Waals surface area contributed by atoms with Crippen LogP contribution in [0.1, 0.15) is 42.5 Å². The molecular formula is C22H25N3O2. The zero-order chi connectivity index (χ0) is 18.5. The minimum atomic E-state index is -0.248. The molecule has 2 heterocycles. The van der Waals surface area contributed by atoms with E-state index >= 15 is 0 Å². The van der Waals surface area contributed by atoms with E-state index in [2.05, 4.69) is 15.1 Å². The summed E-state index contributed by atoms with van der Waals surface area (Å²) in [5, 5.41) is 8.39. The van der Waals surface area contributed by atoms with Crippen LogP contribution < -0.4 is 0 Å². The molecule has 2 aromatic carbocycles. The lowest BCUT2D eigenvalue weighted by molar-refractivity contribution is -0.0143. The summed E-state index contributed by atoms with van der Waals surface area (Å²) in [4.78, 5) is 15.0. The van der Waals surface area contributed by atoms with E-state index in [1.165, 1.54) is 19.3 Å². The molecule has 0 radical (unpaired) electrons. The summed E-state index contributed by atoms with van der Waals surface area (Å²) in [5.41, 5.74) is 2.08. The van der Waals surface area contributed by atoms with Gasteiger partial charge in [-0.15, -0.1) is 0 Å². The number of azo groups is 1. The van der Waals surface area contributed by atoms with E-state index in [0.29, 0.717) is 17.3 Å². The molecule has 27 heavy (non-hydrogen) atoms. The largest absolute Gasteiger partial charge is 0.457 e. The van der Waals surface area contributed by atoms with Gasteiger partial charge in [0.25, 0.3) is 0 Å². The highest BCUT2D eigenvalue weighted by Crippen LogP contribution is 2.28. The summed E-state index contributed by atoms with van der Waals surface area (Å²) in [6, 6.07) is 17.4. The third-order valence-electron chi connectivity index (χ3n) is 5.42. The fraction of sp³-hybridized carbons (Fsp3) is 0.409. The molecule has 0 aromatic heterocycles. The number of rotatable bonds is 4. The van der Waals surface area contributed by atoms with Gasteiger partial charge in [0.2, 0.25) is 0 Å². The van der Waals surface area contributed by atoms with Crippen molar-refractivity contribution in [3.8, 4) is 0 Å². The second kappa shape index (κ2) is 8.44. The number of fused-ring (bicyclic) bond motifs is 1. The second-order valence-electron chi connectivity index (χ2n) is 7.33. The van der Waals surface area contributed by atoms with Crippen molar-refractivity contribution in [3.05, 3.63) is 60.2 Å². The Hall–Kier alpha value is -2.53. The maximum Gasteiger partial charge on any atom is 0.338 e. The number of esters is 1. The van der Waals surface area contributed by atoms with Gasteiger partial charge >= 0.3 is 5.97 Å². The number of carbonyl (C=O) groups is 1. The number of hydrogen-bond donors (Lipinski definition) is 0. The standard InChI is InChI=1S/C22H25N3O2/c26-22(27-21-14-13-20-8-4-5-15-25(20)16-21)17-9-11-19(12-10-17)24-23-18-6-2-1-3-7-18/h1-3,6-7,9-12,20-21H,4-5,8,13-16H2/t20-,21-/m1/s1. The Labute approximate surface area is 160 Å². The van der Waals surface area contributed by atoms with Crippen LogP contribution in [0, 0.1) is 0 Å². The van der Waals surface area contributed by atoms with Crippen molar-refractivity contribution in [2.24, 2.45) is 10.2 Å². The minimum absolute atomic E-state index is 0.00398. The van der Waals surface area contributed by atoms with Gasteiger partial charge < -0.3 is 4.74 Å². The third kappa shape index (κ3) is 4.61. The molecule has 4 rings (SSSR count). The molecule has 2 aliphatic heterocycles. The van der Waals surface area contributed by atoms with Crippen LogP contribution in [0.15, 0.2) is 64.8 Å². The zero-order valence-electron chi connectivity index (χ0n) is 15.5. The monoisotopic (exact) mass is 363 g/mol. The molecule has 2 saturated heterocycles. The fourth-order valence-corrected chi connectivity index (χ4v) is 3.95. The normalized spacial score (nSPS) is 23.1. The first-order valence-corrected chi connectivity index (χ1v) is 9.80. The Kier molecular flexibility index (Phi) is 5.58. The van der Waals surface area contributed by atoms with Crippen LogP contribution in [0.2, 0.25) is 0 Å². The molecule has 0 amide bonds. The second-order valence-corrected chi connectivity index (χ2v) is 7.33. The van der Waals surface area contributed by atoms with E-state index in [-0.39, 0.29) is 12.1 Å². The number of nitrogens with zero attached hydrogens (tertiary/aromatic N) is 3. The predicted molar refractivity (Wildman–Crippen MR) is 105 cm³/mol. The van der Waals surface area contributed by atoms with E-state index < -0.39 is 0 Å². The van der Waals surface area contributed by atoms with Gasteiger partial charge in [-0.05, 0) is 68.6 Å². The molecule has 2 atom stereocenters. The summed E-state index contributed by atoms with van der Waals surface area (Å²) >= 11 is 0. The van der Waals surface area contributed by atoms with Crippen molar-refractivity contribution in [3.63, 3.8) is 0 Å². The molecule has 0 N–H and O–H groups in total. The van der Waals surface area contributed by atoms with Crippen LogP contribution in [-0.2, 0) is 4.74 Å². The van der Waals surface area contributed by atoms with E-state index in [9.17, 15) is 4.79 Å². The predicted octanol–water partition coefficient (Wildman–Crippen LogP) is 5.28. The van der Waals surface area contributed by atoms with Gasteiger partial charge in [-0.3, -0.25) is 4.90 Å². The molecule has 5 heteroatoms. The molecule has 2 fully saturated rings. The van der Waals surface area contributed by atoms with Gasteiger partial charge in [-0.25, -0.2) is 4.79 Å². The quantitative estimate of drug-likeness (QED) is 0.549. The van der Waals surface area contributed by atoms with Crippen molar-refractivity contribution < 1.29 is 9.53 Å². The summed E-state index contributed by atoms with van der Waals surface area (Å²) in [6.45, 7) is 2.01. The van der Waals surface area contributed by atoms with Crippen LogP contribution in [0.3, 0.4) is 0 Å². The van der Waals surface area contributed by atoms with Gasteiger partial charge in [-0.2, -0.15) is 10.2 Å². The summed E-state index contributed by atoms with van der Waals surface area (Å²) in [6.07, 6.45) is 5.99. The van der Waals surface area contributed by atoms with Gasteiger partial charge in [-0.1, -0.05) is 24.6 Å². The first-order chi connectivity index (χ1) is 13.3. The van der Waals surface area contributed by atoms with Gasteiger partial charge in [0, 0.05) is 12.6 Å². The maximum absolute atomic E-state index is 12.5. The molecule has 0 bridgehead atoms. The molecule has 5 nitrogen and oxygen atoms in total. The third-order valence-corrected chi connectivity index (χ3v) is 5.42. The summed E-state index contributed by atoms with van der Waals surface area (Å²) in [7, 11) is 0. The lowest BCUT2D eigenvalue weighted by Crippen LogP contribution is -2.49. The molecule has 2 aliphatic rings. The SMILES string of the molecule is O=C(O[C@@H]1CC[C@H]2CCCCN2C1)c1ccc(N=Nc2ccccc2)cc1. The highest BCUT2D eigenvalue weighted by molar-refractivity contribution is 5.89. The molecule has 0 spiro atoms. The van der Waals surface area contributed by atoms with Gasteiger partial charge in [0.15, 0.2) is 0 Å². The van der Waals surface area contributed by atoms with E-state index in [0.717, 1.165) is 31.6 Å². The Morgan fingerprint density at radius 3 is 2.41 bits per heavy atom. The van der Waals surface area contributed by atoms with Crippen LogP contribution in [-0.4, -0.2) is 36.1 Å². The Morgan fingerprint density at radius 2 is 1.63 bits per heavy atom. The lowest BCUT2D eigenvalue weighted by atomic mass is 9.92. The first-order valence-electron chi connectivity index (χ1n) is 9.80. The van der Waals surface area contributed by atoms with Crippen molar-refractivity contribution in [2.45, 2.75) is 44.2 Å².